The smallest absolute Gasteiger partial charge is 0.338 e. The highest BCUT2D eigenvalue weighted by atomic mass is 32.2. The number of aryl methyl sites for hydroxylation is 1. The second kappa shape index (κ2) is 6.56. The van der Waals surface area contributed by atoms with E-state index in [0.717, 1.165) is 10.4 Å². The van der Waals surface area contributed by atoms with Crippen LogP contribution in [-0.2, 0) is 14.8 Å². The second-order valence-electron chi connectivity index (χ2n) is 5.72. The number of esters is 1. The number of pyridine rings is 1. The van der Waals surface area contributed by atoms with E-state index >= 15 is 0 Å². The highest BCUT2D eigenvalue weighted by Gasteiger charge is 2.40. The van der Waals surface area contributed by atoms with Crippen LogP contribution in [0.2, 0.25) is 0 Å². The number of nitrogens with zero attached hydrogens (tertiary/aromatic N) is 2. The van der Waals surface area contributed by atoms with E-state index in [1.165, 1.54) is 31.3 Å². The SMILES string of the molecule is CCOC(=O)c1ccc(N2C(C)Oc3ncc(C)cc3S2(=O)=O)c(F)c1. The topological polar surface area (TPSA) is 85.8 Å². The number of carbonyl (C=O) groups excluding carboxylic acids is 1. The van der Waals surface area contributed by atoms with Gasteiger partial charge in [0.15, 0.2) is 6.23 Å². The van der Waals surface area contributed by atoms with Gasteiger partial charge in [-0.3, -0.25) is 0 Å². The number of carbonyl (C=O) groups is 1. The molecular weight excluding hydrogens is 363 g/mol. The fraction of sp³-hybridized carbons (Fsp3) is 0.294. The lowest BCUT2D eigenvalue weighted by Crippen LogP contribution is -2.46. The van der Waals surface area contributed by atoms with Gasteiger partial charge in [0.1, 0.15) is 10.7 Å². The first kappa shape index (κ1) is 18.1. The third-order valence-corrected chi connectivity index (χ3v) is 5.66. The summed E-state index contributed by atoms with van der Waals surface area (Å²) in [6, 6.07) is 4.89. The van der Waals surface area contributed by atoms with Crippen LogP contribution in [0, 0.1) is 12.7 Å². The third kappa shape index (κ3) is 2.98. The Morgan fingerprint density at radius 1 is 1.38 bits per heavy atom. The maximum atomic E-state index is 14.6. The highest BCUT2D eigenvalue weighted by Crippen LogP contribution is 2.37. The lowest BCUT2D eigenvalue weighted by atomic mass is 10.2. The summed E-state index contributed by atoms with van der Waals surface area (Å²) < 4.78 is 51.8. The summed E-state index contributed by atoms with van der Waals surface area (Å²) in [5.74, 6) is -1.59. The molecule has 0 saturated heterocycles. The molecule has 1 atom stereocenters. The molecule has 0 N–H and O–H groups in total. The van der Waals surface area contributed by atoms with Gasteiger partial charge < -0.3 is 9.47 Å². The minimum atomic E-state index is -4.08. The van der Waals surface area contributed by atoms with Gasteiger partial charge in [-0.2, -0.15) is 0 Å². The maximum absolute atomic E-state index is 14.6. The van der Waals surface area contributed by atoms with Gasteiger partial charge in [0, 0.05) is 6.20 Å². The Bertz CT molecular complexity index is 977. The molecule has 0 radical (unpaired) electrons. The number of ether oxygens (including phenoxy) is 2. The molecule has 26 heavy (non-hydrogen) atoms. The summed E-state index contributed by atoms with van der Waals surface area (Å²) in [7, 11) is -4.08. The zero-order valence-electron chi connectivity index (χ0n) is 14.4. The minimum Gasteiger partial charge on any atom is -0.462 e. The van der Waals surface area contributed by atoms with Crippen LogP contribution in [0.1, 0.15) is 29.8 Å². The highest BCUT2D eigenvalue weighted by molar-refractivity contribution is 7.93. The van der Waals surface area contributed by atoms with Crippen LogP contribution < -0.4 is 9.04 Å². The minimum absolute atomic E-state index is 0.00556. The zero-order valence-corrected chi connectivity index (χ0v) is 15.2. The number of fused-ring (bicyclic) bond motifs is 1. The Morgan fingerprint density at radius 3 is 2.77 bits per heavy atom. The molecule has 1 aromatic heterocycles. The average Bonchev–Trinajstić information content (AvgIpc) is 2.57. The number of benzene rings is 1. The summed E-state index contributed by atoms with van der Waals surface area (Å²) in [5.41, 5.74) is 0.398. The van der Waals surface area contributed by atoms with Crippen molar-refractivity contribution in [2.24, 2.45) is 0 Å². The van der Waals surface area contributed by atoms with Gasteiger partial charge in [0.05, 0.1) is 17.9 Å². The predicted molar refractivity (Wildman–Crippen MR) is 91.1 cm³/mol. The molecule has 0 saturated carbocycles. The van der Waals surface area contributed by atoms with Gasteiger partial charge in [-0.15, -0.1) is 0 Å². The van der Waals surface area contributed by atoms with E-state index in [2.05, 4.69) is 4.98 Å². The van der Waals surface area contributed by atoms with E-state index in [-0.39, 0.29) is 28.6 Å². The number of sulfonamides is 1. The average molecular weight is 380 g/mol. The first-order chi connectivity index (χ1) is 12.3. The number of aromatic nitrogens is 1. The molecule has 0 spiro atoms. The normalized spacial score (nSPS) is 18.0. The lowest BCUT2D eigenvalue weighted by Gasteiger charge is -2.35. The van der Waals surface area contributed by atoms with Crippen molar-refractivity contribution in [1.29, 1.82) is 0 Å². The van der Waals surface area contributed by atoms with E-state index in [9.17, 15) is 17.6 Å². The van der Waals surface area contributed by atoms with Crippen LogP contribution in [0.5, 0.6) is 5.88 Å². The maximum Gasteiger partial charge on any atom is 0.338 e. The molecule has 1 aromatic carbocycles. The van der Waals surface area contributed by atoms with E-state index < -0.39 is 28.0 Å². The molecule has 0 fully saturated rings. The van der Waals surface area contributed by atoms with E-state index in [4.69, 9.17) is 9.47 Å². The van der Waals surface area contributed by atoms with E-state index in [0.29, 0.717) is 5.56 Å². The number of hydrogen-bond donors (Lipinski definition) is 0. The van der Waals surface area contributed by atoms with Crippen molar-refractivity contribution in [3.63, 3.8) is 0 Å². The molecule has 2 heterocycles. The molecule has 1 aliphatic heterocycles. The quantitative estimate of drug-likeness (QED) is 0.761. The molecule has 9 heteroatoms. The fourth-order valence-corrected chi connectivity index (χ4v) is 4.38. The summed E-state index contributed by atoms with van der Waals surface area (Å²) in [5, 5.41) is 0. The molecule has 0 bridgehead atoms. The Morgan fingerprint density at radius 2 is 2.12 bits per heavy atom. The lowest BCUT2D eigenvalue weighted by molar-refractivity contribution is 0.0526. The number of anilines is 1. The van der Waals surface area contributed by atoms with Gasteiger partial charge in [-0.05, 0) is 50.6 Å². The number of hydrogen-bond acceptors (Lipinski definition) is 6. The van der Waals surface area contributed by atoms with Crippen LogP contribution in [0.4, 0.5) is 10.1 Å². The van der Waals surface area contributed by atoms with Crippen LogP contribution >= 0.6 is 0 Å². The van der Waals surface area contributed by atoms with Crippen molar-refractivity contribution in [3.8, 4) is 5.88 Å². The van der Waals surface area contributed by atoms with Crippen LogP contribution in [0.15, 0.2) is 35.4 Å². The summed E-state index contributed by atoms with van der Waals surface area (Å²) in [6.07, 6.45) is 0.483. The standard InChI is InChI=1S/C17H17FN2O5S/c1-4-24-17(21)12-5-6-14(13(18)8-12)20-11(3)25-16-15(26(20,22)23)7-10(2)9-19-16/h5-9,11H,4H2,1-3H3. The molecule has 3 rings (SSSR count). The molecule has 0 aliphatic carbocycles. The van der Waals surface area contributed by atoms with Gasteiger partial charge >= 0.3 is 5.97 Å². The fourth-order valence-electron chi connectivity index (χ4n) is 2.67. The summed E-state index contributed by atoms with van der Waals surface area (Å²) >= 11 is 0. The molecular formula is C17H17FN2O5S. The van der Waals surface area contributed by atoms with Crippen LogP contribution in [0.3, 0.4) is 0 Å². The molecule has 0 amide bonds. The van der Waals surface area contributed by atoms with E-state index in [1.54, 1.807) is 13.8 Å². The Balaban J connectivity index is 2.08. The van der Waals surface area contributed by atoms with Crippen molar-refractivity contribution in [3.05, 3.63) is 47.4 Å². The van der Waals surface area contributed by atoms with Crippen molar-refractivity contribution in [1.82, 2.24) is 4.98 Å². The molecule has 7 nitrogen and oxygen atoms in total. The predicted octanol–water partition coefficient (Wildman–Crippen LogP) is 2.64. The van der Waals surface area contributed by atoms with Crippen molar-refractivity contribution < 1.29 is 27.1 Å². The third-order valence-electron chi connectivity index (χ3n) is 3.80. The van der Waals surface area contributed by atoms with Crippen molar-refractivity contribution in [2.75, 3.05) is 10.9 Å². The van der Waals surface area contributed by atoms with Gasteiger partial charge in [0.2, 0.25) is 5.88 Å². The molecule has 1 aliphatic rings. The van der Waals surface area contributed by atoms with Gasteiger partial charge in [-0.25, -0.2) is 26.9 Å². The van der Waals surface area contributed by atoms with Crippen LogP contribution in [0.25, 0.3) is 0 Å². The monoisotopic (exact) mass is 380 g/mol. The van der Waals surface area contributed by atoms with Crippen molar-refractivity contribution >= 4 is 21.7 Å². The Kier molecular flexibility index (Phi) is 4.57. The zero-order chi connectivity index (χ0) is 19.1. The van der Waals surface area contributed by atoms with Crippen molar-refractivity contribution in [2.45, 2.75) is 31.9 Å². The first-order valence-electron chi connectivity index (χ1n) is 7.90. The summed E-state index contributed by atoms with van der Waals surface area (Å²) in [6.45, 7) is 4.95. The second-order valence-corrected chi connectivity index (χ2v) is 7.50. The molecule has 138 valence electrons. The summed E-state index contributed by atoms with van der Waals surface area (Å²) in [4.78, 5) is 15.6. The number of halogens is 1. The van der Waals surface area contributed by atoms with E-state index in [1.807, 2.05) is 0 Å². The molecule has 1 unspecified atom stereocenters. The first-order valence-corrected chi connectivity index (χ1v) is 9.34. The van der Waals surface area contributed by atoms with Gasteiger partial charge in [0.25, 0.3) is 10.0 Å². The molecule has 2 aromatic rings. The van der Waals surface area contributed by atoms with Crippen LogP contribution in [-0.4, -0.2) is 32.2 Å². The Hall–Kier alpha value is -2.68. The Labute approximate surface area is 150 Å². The number of rotatable bonds is 3. The largest absolute Gasteiger partial charge is 0.462 e. The van der Waals surface area contributed by atoms with Gasteiger partial charge in [-0.1, -0.05) is 0 Å².